The lowest BCUT2D eigenvalue weighted by Crippen LogP contribution is -2.29. The fourth-order valence-corrected chi connectivity index (χ4v) is 4.63. The van der Waals surface area contributed by atoms with Gasteiger partial charge in [0.15, 0.2) is 5.43 Å². The lowest BCUT2D eigenvalue weighted by atomic mass is 9.97. The number of nitrogens with zero attached hydrogens (tertiary/aromatic N) is 1. The third-order valence-corrected chi connectivity index (χ3v) is 6.60. The molecule has 4 aromatic rings. The molecule has 178 valence electrons. The molecule has 0 fully saturated rings. The molecule has 5 rings (SSSR count). The summed E-state index contributed by atoms with van der Waals surface area (Å²) in [4.78, 5) is 29.2. The maximum atomic E-state index is 13.8. The van der Waals surface area contributed by atoms with Gasteiger partial charge in [-0.1, -0.05) is 24.3 Å². The number of hydrogen-bond acceptors (Lipinski definition) is 5. The molecule has 3 aromatic carbocycles. The van der Waals surface area contributed by atoms with Crippen LogP contribution in [0.5, 0.6) is 11.5 Å². The fraction of sp³-hybridized carbons (Fsp3) is 0.241. The summed E-state index contributed by atoms with van der Waals surface area (Å²) < 4.78 is 17.0. The van der Waals surface area contributed by atoms with E-state index in [4.69, 9.17) is 13.9 Å². The quantitative estimate of drug-likeness (QED) is 0.370. The molecule has 35 heavy (non-hydrogen) atoms. The third-order valence-electron chi connectivity index (χ3n) is 6.60. The third kappa shape index (κ3) is 3.95. The van der Waals surface area contributed by atoms with Crippen molar-refractivity contribution in [2.75, 3.05) is 13.7 Å². The maximum absolute atomic E-state index is 13.8. The Kier molecular flexibility index (Phi) is 5.81. The number of carbonyl (C=O) groups excluding carboxylic acids is 1. The second-order valence-electron chi connectivity index (χ2n) is 8.79. The minimum Gasteiger partial charge on any atom is -0.497 e. The molecule has 6 nitrogen and oxygen atoms in total. The number of hydrogen-bond donors (Lipinski definition) is 0. The van der Waals surface area contributed by atoms with Crippen molar-refractivity contribution in [1.29, 1.82) is 0 Å². The monoisotopic (exact) mass is 469 g/mol. The minimum absolute atomic E-state index is 0.109. The van der Waals surface area contributed by atoms with E-state index in [0.29, 0.717) is 29.7 Å². The number of amides is 1. The summed E-state index contributed by atoms with van der Waals surface area (Å²) >= 11 is 0. The molecule has 1 amide bonds. The van der Waals surface area contributed by atoms with Crippen molar-refractivity contribution in [3.05, 3.63) is 104 Å². The summed E-state index contributed by atoms with van der Waals surface area (Å²) in [6, 6.07) is 18.2. The van der Waals surface area contributed by atoms with E-state index in [1.54, 1.807) is 12.0 Å². The smallest absolute Gasteiger partial charge is 0.291 e. The number of aryl methyl sites for hydroxylation is 2. The SMILES string of the molecule is CCOc1ccc(C2c3c(oc4cc(C)c(C)cc4c3=O)C(=O)N2Cc2ccc(OC)cc2)cc1. The van der Waals surface area contributed by atoms with Gasteiger partial charge in [-0.2, -0.15) is 0 Å². The Morgan fingerprint density at radius 2 is 1.57 bits per heavy atom. The molecule has 1 aliphatic heterocycles. The van der Waals surface area contributed by atoms with Gasteiger partial charge in [0.05, 0.1) is 30.7 Å². The number of rotatable bonds is 6. The Morgan fingerprint density at radius 1 is 0.914 bits per heavy atom. The molecule has 6 heteroatoms. The Labute approximate surface area is 203 Å². The van der Waals surface area contributed by atoms with Crippen LogP contribution in [0.1, 0.15) is 51.3 Å². The van der Waals surface area contributed by atoms with Crippen LogP contribution in [0.2, 0.25) is 0 Å². The molecule has 2 heterocycles. The summed E-state index contributed by atoms with van der Waals surface area (Å²) in [7, 11) is 1.61. The summed E-state index contributed by atoms with van der Waals surface area (Å²) in [5.74, 6) is 1.28. The highest BCUT2D eigenvalue weighted by molar-refractivity contribution is 5.99. The predicted octanol–water partition coefficient (Wildman–Crippen LogP) is 5.56. The zero-order valence-corrected chi connectivity index (χ0v) is 20.3. The highest BCUT2D eigenvalue weighted by atomic mass is 16.5. The maximum Gasteiger partial charge on any atom is 0.291 e. The van der Waals surface area contributed by atoms with Crippen LogP contribution < -0.4 is 14.9 Å². The lowest BCUT2D eigenvalue weighted by Gasteiger charge is -2.25. The van der Waals surface area contributed by atoms with Gasteiger partial charge in [0.25, 0.3) is 5.91 Å². The van der Waals surface area contributed by atoms with E-state index >= 15 is 0 Å². The molecule has 0 radical (unpaired) electrons. The highest BCUT2D eigenvalue weighted by Gasteiger charge is 2.42. The Balaban J connectivity index is 1.67. The van der Waals surface area contributed by atoms with Crippen LogP contribution in [0, 0.1) is 13.8 Å². The largest absolute Gasteiger partial charge is 0.497 e. The number of benzene rings is 3. The van der Waals surface area contributed by atoms with Crippen molar-refractivity contribution in [3.63, 3.8) is 0 Å². The van der Waals surface area contributed by atoms with E-state index in [0.717, 1.165) is 33.8 Å². The van der Waals surface area contributed by atoms with E-state index in [-0.39, 0.29) is 17.1 Å². The number of fused-ring (bicyclic) bond motifs is 2. The van der Waals surface area contributed by atoms with Gasteiger partial charge >= 0.3 is 0 Å². The van der Waals surface area contributed by atoms with E-state index < -0.39 is 6.04 Å². The molecule has 0 saturated heterocycles. The van der Waals surface area contributed by atoms with Crippen molar-refractivity contribution in [2.45, 2.75) is 33.4 Å². The normalized spacial score (nSPS) is 14.9. The predicted molar refractivity (Wildman–Crippen MR) is 134 cm³/mol. The van der Waals surface area contributed by atoms with Crippen LogP contribution in [0.15, 0.2) is 69.9 Å². The van der Waals surface area contributed by atoms with Crippen molar-refractivity contribution in [1.82, 2.24) is 4.90 Å². The zero-order valence-electron chi connectivity index (χ0n) is 20.3. The molecule has 0 saturated carbocycles. The fourth-order valence-electron chi connectivity index (χ4n) is 4.63. The molecule has 0 N–H and O–H groups in total. The van der Waals surface area contributed by atoms with Crippen molar-refractivity contribution in [2.24, 2.45) is 0 Å². The van der Waals surface area contributed by atoms with Crippen LogP contribution >= 0.6 is 0 Å². The van der Waals surface area contributed by atoms with Gasteiger partial charge in [-0.25, -0.2) is 0 Å². The molecule has 0 bridgehead atoms. The average Bonchev–Trinajstić information content (AvgIpc) is 3.13. The molecule has 1 aliphatic rings. The van der Waals surface area contributed by atoms with E-state index in [1.807, 2.05) is 81.4 Å². The Hall–Kier alpha value is -4.06. The summed E-state index contributed by atoms with van der Waals surface area (Å²) in [6.07, 6.45) is 0. The van der Waals surface area contributed by atoms with Gasteiger partial charge in [-0.15, -0.1) is 0 Å². The first-order valence-electron chi connectivity index (χ1n) is 11.7. The standard InChI is InChI=1S/C29H27NO5/c1-5-34-22-12-8-20(9-13-22)26-25-27(31)23-14-17(2)18(3)15-24(23)35-28(25)29(32)30(26)16-19-6-10-21(33-4)11-7-19/h6-15,26H,5,16H2,1-4H3. The van der Waals surface area contributed by atoms with Gasteiger partial charge in [-0.3, -0.25) is 9.59 Å². The number of ether oxygens (including phenoxy) is 2. The van der Waals surface area contributed by atoms with Gasteiger partial charge in [0, 0.05) is 6.54 Å². The zero-order chi connectivity index (χ0) is 24.7. The van der Waals surface area contributed by atoms with Gasteiger partial charge in [0.1, 0.15) is 17.1 Å². The lowest BCUT2D eigenvalue weighted by molar-refractivity contribution is 0.0714. The first kappa shape index (κ1) is 22.7. The van der Waals surface area contributed by atoms with E-state index in [1.165, 1.54) is 0 Å². The molecule has 1 aromatic heterocycles. The second kappa shape index (κ2) is 8.95. The van der Waals surface area contributed by atoms with E-state index in [2.05, 4.69) is 0 Å². The summed E-state index contributed by atoms with van der Waals surface area (Å²) in [5.41, 5.74) is 4.39. The van der Waals surface area contributed by atoms with Crippen LogP contribution in [-0.4, -0.2) is 24.5 Å². The highest BCUT2D eigenvalue weighted by Crippen LogP contribution is 2.40. The molecular weight excluding hydrogens is 442 g/mol. The molecule has 1 atom stereocenters. The first-order chi connectivity index (χ1) is 16.9. The van der Waals surface area contributed by atoms with Crippen LogP contribution in [0.3, 0.4) is 0 Å². The van der Waals surface area contributed by atoms with Crippen molar-refractivity contribution in [3.8, 4) is 11.5 Å². The minimum atomic E-state index is -0.572. The van der Waals surface area contributed by atoms with Crippen LogP contribution in [0.25, 0.3) is 11.0 Å². The van der Waals surface area contributed by atoms with Crippen molar-refractivity contribution >= 4 is 16.9 Å². The Morgan fingerprint density at radius 3 is 2.23 bits per heavy atom. The van der Waals surface area contributed by atoms with Crippen LogP contribution in [-0.2, 0) is 6.54 Å². The first-order valence-corrected chi connectivity index (χ1v) is 11.7. The van der Waals surface area contributed by atoms with Crippen molar-refractivity contribution < 1.29 is 18.7 Å². The average molecular weight is 470 g/mol. The molecule has 0 spiro atoms. The number of carbonyl (C=O) groups is 1. The summed E-state index contributed by atoms with van der Waals surface area (Å²) in [5, 5.41) is 0.488. The summed E-state index contributed by atoms with van der Waals surface area (Å²) in [6.45, 7) is 6.73. The van der Waals surface area contributed by atoms with E-state index in [9.17, 15) is 9.59 Å². The molecule has 1 unspecified atom stereocenters. The van der Waals surface area contributed by atoms with Gasteiger partial charge in [0.2, 0.25) is 5.76 Å². The molecular formula is C29H27NO5. The molecule has 0 aliphatic carbocycles. The number of methoxy groups -OCH3 is 1. The van der Waals surface area contributed by atoms with Gasteiger partial charge < -0.3 is 18.8 Å². The van der Waals surface area contributed by atoms with Gasteiger partial charge in [-0.05, 0) is 79.4 Å². The van der Waals surface area contributed by atoms with Crippen LogP contribution in [0.4, 0.5) is 0 Å². The second-order valence-corrected chi connectivity index (χ2v) is 8.79. The Bertz CT molecular complexity index is 1470. The topological polar surface area (TPSA) is 69.0 Å².